The zero-order valence-electron chi connectivity index (χ0n) is 11.7. The number of ether oxygens (including phenoxy) is 1. The second-order valence-electron chi connectivity index (χ2n) is 4.63. The van der Waals surface area contributed by atoms with Gasteiger partial charge in [0, 0.05) is 17.9 Å². The summed E-state index contributed by atoms with van der Waals surface area (Å²) >= 11 is 1.73. The first-order valence-corrected chi connectivity index (χ1v) is 7.76. The van der Waals surface area contributed by atoms with Crippen LogP contribution in [0.2, 0.25) is 0 Å². The zero-order valence-corrected chi connectivity index (χ0v) is 12.5. The first-order chi connectivity index (χ1) is 9.83. The molecule has 2 aromatic rings. The van der Waals surface area contributed by atoms with Crippen molar-refractivity contribution in [3.8, 4) is 5.75 Å². The molecular weight excluding hydrogens is 270 g/mol. The van der Waals surface area contributed by atoms with Crippen LogP contribution in [0.4, 0.5) is 0 Å². The van der Waals surface area contributed by atoms with Gasteiger partial charge in [-0.2, -0.15) is 0 Å². The lowest BCUT2D eigenvalue weighted by atomic mass is 10.1. The van der Waals surface area contributed by atoms with Crippen molar-refractivity contribution < 1.29 is 9.84 Å². The topological polar surface area (TPSA) is 41.5 Å². The second-order valence-corrected chi connectivity index (χ2v) is 5.61. The molecule has 0 aliphatic heterocycles. The van der Waals surface area contributed by atoms with Gasteiger partial charge in [-0.15, -0.1) is 11.3 Å². The maximum Gasteiger partial charge on any atom is 0.134 e. The molecule has 0 unspecified atom stereocenters. The van der Waals surface area contributed by atoms with Gasteiger partial charge in [0.05, 0.1) is 0 Å². The molecule has 0 radical (unpaired) electrons. The number of benzene rings is 1. The Bertz CT molecular complexity index is 482. The number of aliphatic hydroxyl groups is 1. The van der Waals surface area contributed by atoms with Gasteiger partial charge in [-0.05, 0) is 49.2 Å². The van der Waals surface area contributed by atoms with Crippen molar-refractivity contribution in [2.45, 2.75) is 18.9 Å². The Balaban J connectivity index is 2.03. The summed E-state index contributed by atoms with van der Waals surface area (Å²) in [6.07, 6.45) is 1.72. The molecule has 3 nitrogen and oxygen atoms in total. The first-order valence-electron chi connectivity index (χ1n) is 6.88. The van der Waals surface area contributed by atoms with E-state index in [1.54, 1.807) is 11.3 Å². The molecule has 0 bridgehead atoms. The molecule has 2 N–H and O–H groups in total. The van der Waals surface area contributed by atoms with Gasteiger partial charge < -0.3 is 15.2 Å². The fraction of sp³-hybridized carbons (Fsp3) is 0.375. The van der Waals surface area contributed by atoms with E-state index in [1.807, 2.05) is 31.3 Å². The van der Waals surface area contributed by atoms with Gasteiger partial charge in [-0.25, -0.2) is 0 Å². The van der Waals surface area contributed by atoms with Crippen LogP contribution in [-0.2, 0) is 6.42 Å². The van der Waals surface area contributed by atoms with Gasteiger partial charge in [0.25, 0.3) is 0 Å². The van der Waals surface area contributed by atoms with Crippen LogP contribution in [0, 0.1) is 0 Å². The number of rotatable bonds is 8. The van der Waals surface area contributed by atoms with Crippen molar-refractivity contribution in [3.05, 3.63) is 52.2 Å². The molecule has 0 amide bonds. The monoisotopic (exact) mass is 291 g/mol. The average Bonchev–Trinajstić information content (AvgIpc) is 3.00. The summed E-state index contributed by atoms with van der Waals surface area (Å²) < 4.78 is 6.10. The Morgan fingerprint density at radius 3 is 2.65 bits per heavy atom. The maximum atomic E-state index is 8.92. The van der Waals surface area contributed by atoms with Gasteiger partial charge in [-0.3, -0.25) is 0 Å². The molecule has 20 heavy (non-hydrogen) atoms. The summed E-state index contributed by atoms with van der Waals surface area (Å²) in [5.41, 5.74) is 1.13. The van der Waals surface area contributed by atoms with Gasteiger partial charge in [0.2, 0.25) is 0 Å². The lowest BCUT2D eigenvalue weighted by molar-refractivity contribution is 0.198. The molecule has 0 saturated heterocycles. The van der Waals surface area contributed by atoms with Crippen LogP contribution in [0.1, 0.15) is 23.0 Å². The molecule has 0 aliphatic rings. The van der Waals surface area contributed by atoms with Gasteiger partial charge >= 0.3 is 0 Å². The van der Waals surface area contributed by atoms with E-state index in [1.165, 1.54) is 4.88 Å². The van der Waals surface area contributed by atoms with Crippen LogP contribution in [0.15, 0.2) is 41.8 Å². The van der Waals surface area contributed by atoms with Crippen molar-refractivity contribution in [3.63, 3.8) is 0 Å². The number of hydrogen-bond acceptors (Lipinski definition) is 4. The third kappa shape index (κ3) is 4.34. The van der Waals surface area contributed by atoms with E-state index in [4.69, 9.17) is 9.84 Å². The number of thiophene rings is 1. The smallest absolute Gasteiger partial charge is 0.134 e. The number of hydrogen-bond donors (Lipinski definition) is 2. The summed E-state index contributed by atoms with van der Waals surface area (Å²) in [7, 11) is 1.95. The highest BCUT2D eigenvalue weighted by Gasteiger charge is 2.14. The van der Waals surface area contributed by atoms with Crippen molar-refractivity contribution in [2.24, 2.45) is 0 Å². The standard InChI is InChI=1S/C16H21NO2S/c1-17-10-8-15(16-3-2-12-20-16)19-14-6-4-13(5-7-14)9-11-18/h2-7,12,15,17-18H,8-11H2,1H3/t15-/m1/s1. The van der Waals surface area contributed by atoms with Gasteiger partial charge in [-0.1, -0.05) is 18.2 Å². The summed E-state index contributed by atoms with van der Waals surface area (Å²) in [4.78, 5) is 1.25. The Kier molecular flexibility index (Phi) is 6.05. The number of aliphatic hydroxyl groups excluding tert-OH is 1. The van der Waals surface area contributed by atoms with Crippen LogP contribution in [0.25, 0.3) is 0 Å². The molecule has 1 aromatic heterocycles. The van der Waals surface area contributed by atoms with E-state index in [-0.39, 0.29) is 12.7 Å². The fourth-order valence-corrected chi connectivity index (χ4v) is 2.83. The molecule has 108 valence electrons. The highest BCUT2D eigenvalue weighted by atomic mass is 32.1. The molecule has 1 atom stereocenters. The van der Waals surface area contributed by atoms with Gasteiger partial charge in [0.15, 0.2) is 0 Å². The van der Waals surface area contributed by atoms with Crippen molar-refractivity contribution in [2.75, 3.05) is 20.2 Å². The Morgan fingerprint density at radius 1 is 1.25 bits per heavy atom. The first kappa shape index (κ1) is 15.0. The minimum atomic E-state index is 0.0890. The van der Waals surface area contributed by atoms with Crippen LogP contribution in [-0.4, -0.2) is 25.3 Å². The highest BCUT2D eigenvalue weighted by molar-refractivity contribution is 7.10. The molecule has 0 spiro atoms. The molecule has 0 aliphatic carbocycles. The minimum Gasteiger partial charge on any atom is -0.485 e. The molecular formula is C16H21NO2S. The lowest BCUT2D eigenvalue weighted by Gasteiger charge is -2.18. The molecule has 1 heterocycles. The molecule has 0 fully saturated rings. The van der Waals surface area contributed by atoms with Crippen molar-refractivity contribution in [1.29, 1.82) is 0 Å². The third-order valence-corrected chi connectivity index (χ3v) is 4.08. The highest BCUT2D eigenvalue weighted by Crippen LogP contribution is 2.28. The predicted octanol–water partition coefficient (Wildman–Crippen LogP) is 3.01. The fourth-order valence-electron chi connectivity index (χ4n) is 2.04. The quantitative estimate of drug-likeness (QED) is 0.785. The van der Waals surface area contributed by atoms with Crippen LogP contribution in [0.5, 0.6) is 5.75 Å². The van der Waals surface area contributed by atoms with Crippen LogP contribution in [0.3, 0.4) is 0 Å². The van der Waals surface area contributed by atoms with E-state index in [2.05, 4.69) is 22.8 Å². The minimum absolute atomic E-state index is 0.0890. The summed E-state index contributed by atoms with van der Waals surface area (Å²) in [6.45, 7) is 1.10. The number of nitrogens with one attached hydrogen (secondary N) is 1. The van der Waals surface area contributed by atoms with Crippen molar-refractivity contribution >= 4 is 11.3 Å². The Hall–Kier alpha value is -1.36. The molecule has 2 rings (SSSR count). The second kappa shape index (κ2) is 8.04. The van der Waals surface area contributed by atoms with E-state index < -0.39 is 0 Å². The predicted molar refractivity (Wildman–Crippen MR) is 83.5 cm³/mol. The Morgan fingerprint density at radius 2 is 2.05 bits per heavy atom. The third-order valence-electron chi connectivity index (χ3n) is 3.12. The summed E-state index contributed by atoms with van der Waals surface area (Å²) in [5, 5.41) is 14.2. The van der Waals surface area contributed by atoms with Gasteiger partial charge in [0.1, 0.15) is 11.9 Å². The summed E-state index contributed by atoms with van der Waals surface area (Å²) in [5.74, 6) is 0.876. The molecule has 0 saturated carbocycles. The van der Waals surface area contributed by atoms with Crippen LogP contribution < -0.4 is 10.1 Å². The lowest BCUT2D eigenvalue weighted by Crippen LogP contribution is -2.15. The largest absolute Gasteiger partial charge is 0.485 e. The van der Waals surface area contributed by atoms with E-state index in [0.29, 0.717) is 6.42 Å². The normalized spacial score (nSPS) is 12.3. The zero-order chi connectivity index (χ0) is 14.2. The Labute approximate surface area is 124 Å². The van der Waals surface area contributed by atoms with Crippen molar-refractivity contribution in [1.82, 2.24) is 5.32 Å². The molecule has 4 heteroatoms. The summed E-state index contributed by atoms with van der Waals surface area (Å²) in [6, 6.07) is 12.1. The van der Waals surface area contributed by atoms with E-state index in [9.17, 15) is 0 Å². The molecule has 1 aromatic carbocycles. The van der Waals surface area contributed by atoms with E-state index in [0.717, 1.165) is 24.3 Å². The maximum absolute atomic E-state index is 8.92. The van der Waals surface area contributed by atoms with Crippen LogP contribution >= 0.6 is 11.3 Å². The SMILES string of the molecule is CNCC[C@@H](Oc1ccc(CCO)cc1)c1cccs1. The van der Waals surface area contributed by atoms with E-state index >= 15 is 0 Å². The average molecular weight is 291 g/mol.